The van der Waals surface area contributed by atoms with Crippen molar-refractivity contribution < 1.29 is 13.2 Å². The molecule has 0 fully saturated rings. The van der Waals surface area contributed by atoms with Gasteiger partial charge < -0.3 is 0 Å². The van der Waals surface area contributed by atoms with Crippen LogP contribution in [0.5, 0.6) is 0 Å². The first kappa shape index (κ1) is 20.7. The number of aromatic nitrogens is 2. The van der Waals surface area contributed by atoms with Gasteiger partial charge in [-0.3, -0.25) is 0 Å². The van der Waals surface area contributed by atoms with Gasteiger partial charge in [0.2, 0.25) is 0 Å². The minimum atomic E-state index is -4.55. The molecule has 152 valence electrons. The highest BCUT2D eigenvalue weighted by molar-refractivity contribution is 14.1. The van der Waals surface area contributed by atoms with Crippen LogP contribution in [0.3, 0.4) is 0 Å². The molecule has 0 spiro atoms. The molecule has 1 aromatic heterocycles. The smallest absolute Gasteiger partial charge is 0.240 e. The minimum Gasteiger partial charge on any atom is -0.240 e. The van der Waals surface area contributed by atoms with Crippen LogP contribution in [-0.2, 0) is 16.1 Å². The molecule has 30 heavy (non-hydrogen) atoms. The van der Waals surface area contributed by atoms with Crippen molar-refractivity contribution in [2.45, 2.75) is 16.1 Å². The van der Waals surface area contributed by atoms with E-state index in [4.69, 9.17) is 0 Å². The van der Waals surface area contributed by atoms with Gasteiger partial charge >= 0.3 is 6.18 Å². The summed E-state index contributed by atoms with van der Waals surface area (Å²) in [5.41, 5.74) is 0.269. The molecule has 0 aliphatic carbocycles. The van der Waals surface area contributed by atoms with Crippen molar-refractivity contribution in [1.82, 2.24) is 9.78 Å². The Labute approximate surface area is 186 Å². The number of hydrogen-bond donors (Lipinski definition) is 0. The molecule has 3 aromatic carbocycles. The zero-order valence-corrected chi connectivity index (χ0v) is 18.0. The molecule has 0 saturated carbocycles. The number of halogens is 4. The second-order valence-electron chi connectivity index (χ2n) is 6.87. The number of alkyl halides is 4. The molecule has 0 aliphatic rings. The lowest BCUT2D eigenvalue weighted by Gasteiger charge is -2.38. The van der Waals surface area contributed by atoms with E-state index in [-0.39, 0.29) is 9.99 Å². The van der Waals surface area contributed by atoms with Crippen LogP contribution in [0, 0.1) is 0 Å². The first-order valence-electron chi connectivity index (χ1n) is 9.36. The summed E-state index contributed by atoms with van der Waals surface area (Å²) in [4.78, 5) is 0. The van der Waals surface area contributed by atoms with E-state index in [1.807, 2.05) is 114 Å². The zero-order chi connectivity index (χ0) is 21.2. The number of hydrogen-bond acceptors (Lipinski definition) is 1. The van der Waals surface area contributed by atoms with Crippen LogP contribution < -0.4 is 0 Å². The molecule has 2 nitrogen and oxygen atoms in total. The Morgan fingerprint density at radius 2 is 1.10 bits per heavy atom. The van der Waals surface area contributed by atoms with E-state index in [0.717, 1.165) is 4.68 Å². The Bertz CT molecular complexity index is 1010. The fourth-order valence-corrected chi connectivity index (χ4v) is 4.50. The maximum atomic E-state index is 14.3. The topological polar surface area (TPSA) is 17.8 Å². The third kappa shape index (κ3) is 3.43. The molecular weight excluding hydrogens is 500 g/mol. The highest BCUT2D eigenvalue weighted by Gasteiger charge is 2.47. The quantitative estimate of drug-likeness (QED) is 0.164. The highest BCUT2D eigenvalue weighted by atomic mass is 127. The van der Waals surface area contributed by atoms with Crippen LogP contribution in [0.15, 0.2) is 97.2 Å². The summed E-state index contributed by atoms with van der Waals surface area (Å²) in [7, 11) is 0. The van der Waals surface area contributed by atoms with E-state index < -0.39 is 17.4 Å². The second-order valence-corrected chi connectivity index (χ2v) is 7.63. The average Bonchev–Trinajstić information content (AvgIpc) is 3.22. The maximum Gasteiger partial charge on any atom is 0.433 e. The fourth-order valence-electron chi connectivity index (χ4n) is 3.94. The monoisotopic (exact) mass is 518 g/mol. The van der Waals surface area contributed by atoms with Gasteiger partial charge in [0.1, 0.15) is 11.2 Å². The van der Waals surface area contributed by atoms with Gasteiger partial charge in [-0.05, 0) is 16.7 Å². The Morgan fingerprint density at radius 3 is 1.43 bits per heavy atom. The summed E-state index contributed by atoms with van der Waals surface area (Å²) >= 11 is 1.95. The number of rotatable bonds is 5. The molecule has 0 unspecified atom stereocenters. The van der Waals surface area contributed by atoms with Crippen LogP contribution in [0.4, 0.5) is 13.2 Å². The Morgan fingerprint density at radius 1 is 0.700 bits per heavy atom. The first-order chi connectivity index (χ1) is 14.5. The molecule has 0 amide bonds. The molecule has 0 bridgehead atoms. The normalized spacial score (nSPS) is 12.1. The fraction of sp³-hybridized carbons (Fsp3) is 0.125. The molecule has 4 aromatic rings. The summed E-state index contributed by atoms with van der Waals surface area (Å²) in [5.74, 6) is 0. The van der Waals surface area contributed by atoms with Gasteiger partial charge in [0.15, 0.2) is 0 Å². The van der Waals surface area contributed by atoms with Crippen molar-refractivity contribution in [1.29, 1.82) is 0 Å². The van der Waals surface area contributed by atoms with Crippen molar-refractivity contribution in [2.75, 3.05) is 0 Å². The molecular formula is C24H18F3IN2. The third-order valence-electron chi connectivity index (χ3n) is 5.15. The van der Waals surface area contributed by atoms with Gasteiger partial charge in [0.25, 0.3) is 0 Å². The van der Waals surface area contributed by atoms with Crippen LogP contribution >= 0.6 is 22.6 Å². The van der Waals surface area contributed by atoms with E-state index in [0.29, 0.717) is 16.7 Å². The van der Waals surface area contributed by atoms with Gasteiger partial charge in [-0.1, -0.05) is 114 Å². The summed E-state index contributed by atoms with van der Waals surface area (Å²) in [6.45, 7) is 0. The molecule has 1 heterocycles. The third-order valence-corrected chi connectivity index (χ3v) is 5.97. The predicted octanol–water partition coefficient (Wildman–Crippen LogP) is 6.68. The van der Waals surface area contributed by atoms with Crippen molar-refractivity contribution in [3.63, 3.8) is 0 Å². The second kappa shape index (κ2) is 8.26. The van der Waals surface area contributed by atoms with E-state index in [2.05, 4.69) is 5.10 Å². The largest absolute Gasteiger partial charge is 0.433 e. The minimum absolute atomic E-state index is 0.162. The molecule has 0 atom stereocenters. The van der Waals surface area contributed by atoms with Crippen molar-refractivity contribution in [3.8, 4) is 0 Å². The average molecular weight is 518 g/mol. The lowest BCUT2D eigenvalue weighted by Crippen LogP contribution is -2.41. The maximum absolute atomic E-state index is 14.3. The lowest BCUT2D eigenvalue weighted by molar-refractivity contribution is -0.145. The molecule has 0 radical (unpaired) electrons. The first-order valence-corrected chi connectivity index (χ1v) is 10.9. The van der Waals surface area contributed by atoms with E-state index in [9.17, 15) is 13.2 Å². The molecule has 6 heteroatoms. The van der Waals surface area contributed by atoms with Gasteiger partial charge in [-0.2, -0.15) is 18.3 Å². The summed E-state index contributed by atoms with van der Waals surface area (Å²) < 4.78 is 44.4. The van der Waals surface area contributed by atoms with Crippen molar-refractivity contribution in [2.24, 2.45) is 0 Å². The summed E-state index contributed by atoms with van der Waals surface area (Å²) in [6, 6.07) is 27.7. The van der Waals surface area contributed by atoms with Gasteiger partial charge in [-0.25, -0.2) is 4.68 Å². The Hall–Kier alpha value is -2.61. The van der Waals surface area contributed by atoms with Crippen LogP contribution in [-0.4, -0.2) is 9.78 Å². The van der Waals surface area contributed by atoms with E-state index in [1.165, 1.54) is 6.20 Å². The van der Waals surface area contributed by atoms with E-state index >= 15 is 0 Å². The van der Waals surface area contributed by atoms with Crippen molar-refractivity contribution in [3.05, 3.63) is 125 Å². The molecule has 0 saturated heterocycles. The van der Waals surface area contributed by atoms with Crippen molar-refractivity contribution >= 4 is 22.6 Å². The number of nitrogens with zero attached hydrogens (tertiary/aromatic N) is 2. The number of benzene rings is 3. The molecule has 0 aliphatic heterocycles. The van der Waals surface area contributed by atoms with Gasteiger partial charge in [0, 0.05) is 9.99 Å². The Balaban J connectivity index is 2.20. The standard InChI is InChI=1S/C24H18F3IN2/c25-24(26,27)22-18(16-28)17-29-30(22)23(19-10-4-1-5-11-19,20-12-6-2-7-13-20)21-14-8-3-9-15-21/h1-15,17H,16H2. The van der Waals surface area contributed by atoms with Gasteiger partial charge in [0.05, 0.1) is 6.20 Å². The lowest BCUT2D eigenvalue weighted by atomic mass is 9.77. The molecule has 4 rings (SSSR count). The van der Waals surface area contributed by atoms with Crippen LogP contribution in [0.25, 0.3) is 0 Å². The summed E-state index contributed by atoms with van der Waals surface area (Å²) in [5, 5.41) is 4.35. The van der Waals surface area contributed by atoms with Gasteiger partial charge in [-0.15, -0.1) is 0 Å². The predicted molar refractivity (Wildman–Crippen MR) is 120 cm³/mol. The van der Waals surface area contributed by atoms with Crippen LogP contribution in [0.2, 0.25) is 0 Å². The summed E-state index contributed by atoms with van der Waals surface area (Å²) in [6.07, 6.45) is -3.22. The van der Waals surface area contributed by atoms with E-state index in [1.54, 1.807) is 0 Å². The SMILES string of the molecule is FC(F)(F)c1c(CI)cnn1C(c1ccccc1)(c1ccccc1)c1ccccc1. The molecule has 0 N–H and O–H groups in total. The Kier molecular flexibility index (Phi) is 5.69. The zero-order valence-electron chi connectivity index (χ0n) is 15.9. The highest BCUT2D eigenvalue weighted by Crippen LogP contribution is 2.45. The van der Waals surface area contributed by atoms with Crippen LogP contribution in [0.1, 0.15) is 27.9 Å².